The van der Waals surface area contributed by atoms with Crippen molar-refractivity contribution in [3.63, 3.8) is 0 Å². The highest BCUT2D eigenvalue weighted by Gasteiger charge is 2.18. The van der Waals surface area contributed by atoms with Gasteiger partial charge in [0.25, 0.3) is 0 Å². The number of amides is 1. The van der Waals surface area contributed by atoms with E-state index in [1.165, 1.54) is 12.1 Å². The molecule has 1 aromatic heterocycles. The number of carbonyl (C=O) groups is 1. The van der Waals surface area contributed by atoms with Crippen molar-refractivity contribution in [2.75, 3.05) is 13.6 Å². The van der Waals surface area contributed by atoms with E-state index in [4.69, 9.17) is 0 Å². The number of likely N-dealkylation sites (N-methyl/N-ethyl adjacent to an activating group) is 1. The van der Waals surface area contributed by atoms with Gasteiger partial charge in [-0.05, 0) is 43.8 Å². The van der Waals surface area contributed by atoms with E-state index in [1.54, 1.807) is 23.5 Å². The summed E-state index contributed by atoms with van der Waals surface area (Å²) >= 11 is 1.65. The average molecular weight is 357 g/mol. The Kier molecular flexibility index (Phi) is 5.40. The maximum Gasteiger partial charge on any atom is 0.234 e. The molecule has 130 valence electrons. The molecule has 3 aromatic rings. The molecule has 0 aliphatic carbocycles. The number of para-hydroxylation sites is 1. The van der Waals surface area contributed by atoms with E-state index in [0.29, 0.717) is 6.54 Å². The van der Waals surface area contributed by atoms with Crippen molar-refractivity contribution in [1.29, 1.82) is 0 Å². The molecule has 1 heterocycles. The van der Waals surface area contributed by atoms with Crippen LogP contribution in [0.3, 0.4) is 0 Å². The molecule has 3 rings (SSSR count). The SMILES string of the molecule is C[C@H](c1nc2ccccc2s1)N(C)CC(=O)NCc1ccc(F)cc1. The molecule has 0 radical (unpaired) electrons. The van der Waals surface area contributed by atoms with Gasteiger partial charge in [-0.15, -0.1) is 11.3 Å². The summed E-state index contributed by atoms with van der Waals surface area (Å²) in [5.74, 6) is -0.348. The Morgan fingerprint density at radius 1 is 1.24 bits per heavy atom. The number of hydrogen-bond acceptors (Lipinski definition) is 4. The molecule has 2 aromatic carbocycles. The van der Waals surface area contributed by atoms with Crippen LogP contribution in [-0.2, 0) is 11.3 Å². The number of aromatic nitrogens is 1. The third kappa shape index (κ3) is 4.41. The molecule has 1 amide bonds. The minimum atomic E-state index is -0.278. The highest BCUT2D eigenvalue weighted by Crippen LogP contribution is 2.28. The van der Waals surface area contributed by atoms with Gasteiger partial charge in [0.1, 0.15) is 10.8 Å². The molecule has 1 atom stereocenters. The Hall–Kier alpha value is -2.31. The maximum atomic E-state index is 12.9. The minimum Gasteiger partial charge on any atom is -0.351 e. The van der Waals surface area contributed by atoms with E-state index in [2.05, 4.69) is 16.4 Å². The van der Waals surface area contributed by atoms with Crippen LogP contribution in [0.4, 0.5) is 4.39 Å². The first kappa shape index (κ1) is 17.5. The lowest BCUT2D eigenvalue weighted by Crippen LogP contribution is -2.36. The number of fused-ring (bicyclic) bond motifs is 1. The first-order valence-electron chi connectivity index (χ1n) is 8.10. The Morgan fingerprint density at radius 2 is 1.96 bits per heavy atom. The molecule has 0 aliphatic heterocycles. The first-order chi connectivity index (χ1) is 12.0. The molecule has 0 spiro atoms. The highest BCUT2D eigenvalue weighted by molar-refractivity contribution is 7.18. The Morgan fingerprint density at radius 3 is 2.68 bits per heavy atom. The highest BCUT2D eigenvalue weighted by atomic mass is 32.1. The number of hydrogen-bond donors (Lipinski definition) is 1. The third-order valence-electron chi connectivity index (χ3n) is 4.12. The van der Waals surface area contributed by atoms with E-state index in [-0.39, 0.29) is 24.3 Å². The zero-order chi connectivity index (χ0) is 17.8. The van der Waals surface area contributed by atoms with Gasteiger partial charge in [0, 0.05) is 6.54 Å². The third-order valence-corrected chi connectivity index (χ3v) is 5.33. The smallest absolute Gasteiger partial charge is 0.234 e. The van der Waals surface area contributed by atoms with Crippen molar-refractivity contribution in [1.82, 2.24) is 15.2 Å². The van der Waals surface area contributed by atoms with Crippen LogP contribution in [0, 0.1) is 5.82 Å². The van der Waals surface area contributed by atoms with Gasteiger partial charge in [-0.1, -0.05) is 24.3 Å². The molecular formula is C19H20FN3OS. The van der Waals surface area contributed by atoms with Gasteiger partial charge in [0.15, 0.2) is 0 Å². The standard InChI is InChI=1S/C19H20FN3OS/c1-13(19-22-16-5-3-4-6-17(16)25-19)23(2)12-18(24)21-11-14-7-9-15(20)10-8-14/h3-10,13H,11-12H2,1-2H3,(H,21,24)/t13-/m1/s1. The molecule has 0 saturated carbocycles. The molecule has 1 N–H and O–H groups in total. The summed E-state index contributed by atoms with van der Waals surface area (Å²) in [6.07, 6.45) is 0. The number of thiazole rings is 1. The number of halogens is 1. The van der Waals surface area contributed by atoms with Crippen molar-refractivity contribution < 1.29 is 9.18 Å². The zero-order valence-corrected chi connectivity index (χ0v) is 15.0. The minimum absolute atomic E-state index is 0.0500. The number of nitrogens with one attached hydrogen (secondary N) is 1. The lowest BCUT2D eigenvalue weighted by molar-refractivity contribution is -0.122. The average Bonchev–Trinajstić information content (AvgIpc) is 3.04. The molecule has 6 heteroatoms. The molecule has 0 aliphatic rings. The fraction of sp³-hybridized carbons (Fsp3) is 0.263. The fourth-order valence-electron chi connectivity index (χ4n) is 2.48. The van der Waals surface area contributed by atoms with Crippen LogP contribution in [-0.4, -0.2) is 29.4 Å². The molecule has 25 heavy (non-hydrogen) atoms. The lowest BCUT2D eigenvalue weighted by Gasteiger charge is -2.22. The normalized spacial score (nSPS) is 12.5. The van der Waals surface area contributed by atoms with Crippen LogP contribution in [0.5, 0.6) is 0 Å². The van der Waals surface area contributed by atoms with Crippen molar-refractivity contribution in [2.45, 2.75) is 19.5 Å². The summed E-state index contributed by atoms with van der Waals surface area (Å²) in [6.45, 7) is 2.71. The monoisotopic (exact) mass is 357 g/mol. The Balaban J connectivity index is 1.55. The van der Waals surface area contributed by atoms with E-state index in [1.807, 2.05) is 37.1 Å². The predicted molar refractivity (Wildman–Crippen MR) is 98.9 cm³/mol. The van der Waals surface area contributed by atoms with Gasteiger partial charge in [-0.2, -0.15) is 0 Å². The molecule has 0 fully saturated rings. The van der Waals surface area contributed by atoms with Crippen LogP contribution in [0.25, 0.3) is 10.2 Å². The zero-order valence-electron chi connectivity index (χ0n) is 14.2. The van der Waals surface area contributed by atoms with E-state index < -0.39 is 0 Å². The van der Waals surface area contributed by atoms with Gasteiger partial charge in [-0.3, -0.25) is 9.69 Å². The lowest BCUT2D eigenvalue weighted by atomic mass is 10.2. The summed E-state index contributed by atoms with van der Waals surface area (Å²) in [7, 11) is 1.91. The molecule has 0 unspecified atom stereocenters. The van der Waals surface area contributed by atoms with Gasteiger partial charge in [0.05, 0.1) is 22.8 Å². The van der Waals surface area contributed by atoms with Crippen molar-refractivity contribution in [3.05, 3.63) is 64.9 Å². The van der Waals surface area contributed by atoms with Gasteiger partial charge < -0.3 is 5.32 Å². The summed E-state index contributed by atoms with van der Waals surface area (Å²) in [5.41, 5.74) is 1.86. The number of nitrogens with zero attached hydrogens (tertiary/aromatic N) is 2. The molecule has 0 saturated heterocycles. The van der Waals surface area contributed by atoms with Crippen molar-refractivity contribution in [3.8, 4) is 0 Å². The maximum absolute atomic E-state index is 12.9. The molecule has 4 nitrogen and oxygen atoms in total. The second-order valence-corrected chi connectivity index (χ2v) is 7.08. The summed E-state index contributed by atoms with van der Waals surface area (Å²) in [5, 5.41) is 3.86. The second-order valence-electron chi connectivity index (χ2n) is 6.01. The van der Waals surface area contributed by atoms with Crippen LogP contribution < -0.4 is 5.32 Å². The topological polar surface area (TPSA) is 45.2 Å². The van der Waals surface area contributed by atoms with Gasteiger partial charge in [-0.25, -0.2) is 9.37 Å². The Labute approximate surface area is 150 Å². The number of carbonyl (C=O) groups excluding carboxylic acids is 1. The predicted octanol–water partition coefficient (Wildman–Crippen LogP) is 3.74. The van der Waals surface area contributed by atoms with Gasteiger partial charge >= 0.3 is 0 Å². The molecular weight excluding hydrogens is 337 g/mol. The summed E-state index contributed by atoms with van der Waals surface area (Å²) in [4.78, 5) is 18.8. The van der Waals surface area contributed by atoms with Crippen LogP contribution in [0.2, 0.25) is 0 Å². The van der Waals surface area contributed by atoms with E-state index >= 15 is 0 Å². The van der Waals surface area contributed by atoms with Crippen LogP contribution >= 0.6 is 11.3 Å². The fourth-order valence-corrected chi connectivity index (χ4v) is 3.56. The van der Waals surface area contributed by atoms with E-state index in [9.17, 15) is 9.18 Å². The number of benzene rings is 2. The summed E-state index contributed by atoms with van der Waals surface area (Å²) < 4.78 is 14.0. The van der Waals surface area contributed by atoms with Crippen LogP contribution in [0.15, 0.2) is 48.5 Å². The molecule has 0 bridgehead atoms. The first-order valence-corrected chi connectivity index (χ1v) is 8.91. The van der Waals surface area contributed by atoms with E-state index in [0.717, 1.165) is 20.8 Å². The number of rotatable bonds is 6. The quantitative estimate of drug-likeness (QED) is 0.731. The largest absolute Gasteiger partial charge is 0.351 e. The second kappa shape index (κ2) is 7.72. The van der Waals surface area contributed by atoms with Crippen LogP contribution in [0.1, 0.15) is 23.5 Å². The Bertz CT molecular complexity index is 829. The van der Waals surface area contributed by atoms with Gasteiger partial charge in [0.2, 0.25) is 5.91 Å². The summed E-state index contributed by atoms with van der Waals surface area (Å²) in [6, 6.07) is 14.2. The van der Waals surface area contributed by atoms with Crippen molar-refractivity contribution in [2.24, 2.45) is 0 Å². The van der Waals surface area contributed by atoms with Crippen molar-refractivity contribution >= 4 is 27.5 Å².